The van der Waals surface area contributed by atoms with Crippen molar-refractivity contribution >= 4 is 38.9 Å². The number of methoxy groups -OCH3 is 2. The summed E-state index contributed by atoms with van der Waals surface area (Å²) in [6.45, 7) is 3.50. The normalized spacial score (nSPS) is 11.4. The van der Waals surface area contributed by atoms with Gasteiger partial charge in [0.25, 0.3) is 0 Å². The van der Waals surface area contributed by atoms with E-state index >= 15 is 0 Å². The Labute approximate surface area is 296 Å². The summed E-state index contributed by atoms with van der Waals surface area (Å²) in [5, 5.41) is 0. The first kappa shape index (κ1) is 35.9. The molecule has 0 bridgehead atoms. The Balaban J connectivity index is 0.000000330. The lowest BCUT2D eigenvalue weighted by Crippen LogP contribution is -2.32. The molecule has 5 nitrogen and oxygen atoms in total. The number of benzene rings is 6. The molecule has 6 aromatic carbocycles. The van der Waals surface area contributed by atoms with Crippen molar-refractivity contribution in [3.63, 3.8) is 0 Å². The number of ether oxygens (including phenoxy) is 2. The summed E-state index contributed by atoms with van der Waals surface area (Å²) < 4.78 is 43.5. The molecule has 0 amide bonds. The van der Waals surface area contributed by atoms with Crippen LogP contribution in [0.15, 0.2) is 200 Å². The standard InChI is InChI=1S/C33H29O2S2.C8H8O3S/c1-34-33(35-2,26-18-22-29(23-19-26)36-28-12-6-3-7-13-28)27-20-24-32(25-21-27)37(30-14-8-4-9-15-30)31-16-10-5-11-17-31;1-2-7-3-5-8(6-4-7)12(9,10)11/h3-25H,1-2H3;2-6H,1H2,(H,9,10,11)/q+1;/p-1. The molecule has 0 heterocycles. The van der Waals surface area contributed by atoms with Crippen LogP contribution in [0.2, 0.25) is 0 Å². The van der Waals surface area contributed by atoms with Gasteiger partial charge in [0.2, 0.25) is 5.79 Å². The Bertz CT molecular complexity index is 1970. The first-order chi connectivity index (χ1) is 23.8. The van der Waals surface area contributed by atoms with Crippen molar-refractivity contribution in [2.45, 2.75) is 35.2 Å². The molecule has 49 heavy (non-hydrogen) atoms. The van der Waals surface area contributed by atoms with Gasteiger partial charge in [-0.1, -0.05) is 103 Å². The van der Waals surface area contributed by atoms with Gasteiger partial charge in [-0.2, -0.15) is 0 Å². The lowest BCUT2D eigenvalue weighted by Gasteiger charge is -2.32. The second-order valence-electron chi connectivity index (χ2n) is 10.6. The Hall–Kier alpha value is -4.41. The summed E-state index contributed by atoms with van der Waals surface area (Å²) in [6.07, 6.45) is 1.57. The fourth-order valence-corrected chi connectivity index (χ4v) is 8.58. The Kier molecular flexibility index (Phi) is 12.3. The summed E-state index contributed by atoms with van der Waals surface area (Å²) in [5.41, 5.74) is 2.68. The Morgan fingerprint density at radius 2 is 1.00 bits per heavy atom. The van der Waals surface area contributed by atoms with Gasteiger partial charge in [-0.25, -0.2) is 8.42 Å². The average molecular weight is 705 g/mol. The van der Waals surface area contributed by atoms with E-state index in [4.69, 9.17) is 9.47 Å². The summed E-state index contributed by atoms with van der Waals surface area (Å²) >= 11 is 1.74. The van der Waals surface area contributed by atoms with Crippen LogP contribution in [0.25, 0.3) is 6.08 Å². The second-order valence-corrected chi connectivity index (χ2v) is 15.2. The first-order valence-electron chi connectivity index (χ1n) is 15.3. The van der Waals surface area contributed by atoms with E-state index in [1.807, 2.05) is 6.07 Å². The van der Waals surface area contributed by atoms with Crippen LogP contribution in [-0.2, 0) is 36.3 Å². The maximum atomic E-state index is 10.5. The maximum Gasteiger partial charge on any atom is 0.221 e. The molecule has 0 aliphatic rings. The highest BCUT2D eigenvalue weighted by atomic mass is 32.2. The third-order valence-corrected chi connectivity index (χ3v) is 11.7. The van der Waals surface area contributed by atoms with Crippen molar-refractivity contribution in [3.05, 3.63) is 187 Å². The molecule has 0 spiro atoms. The van der Waals surface area contributed by atoms with Gasteiger partial charge < -0.3 is 14.0 Å². The smallest absolute Gasteiger partial charge is 0.221 e. The quantitative estimate of drug-likeness (QED) is 0.0760. The average Bonchev–Trinajstić information content (AvgIpc) is 3.15. The maximum absolute atomic E-state index is 10.5. The molecule has 0 fully saturated rings. The fourth-order valence-electron chi connectivity index (χ4n) is 5.19. The van der Waals surface area contributed by atoms with Crippen LogP contribution >= 0.6 is 11.8 Å². The van der Waals surface area contributed by atoms with Gasteiger partial charge >= 0.3 is 0 Å². The Morgan fingerprint density at radius 3 is 1.43 bits per heavy atom. The van der Waals surface area contributed by atoms with Gasteiger partial charge in [0.15, 0.2) is 14.7 Å². The molecule has 0 aromatic heterocycles. The molecule has 0 aliphatic carbocycles. The van der Waals surface area contributed by atoms with E-state index in [0.29, 0.717) is 0 Å². The van der Waals surface area contributed by atoms with E-state index in [9.17, 15) is 13.0 Å². The minimum Gasteiger partial charge on any atom is -0.744 e. The van der Waals surface area contributed by atoms with Crippen LogP contribution < -0.4 is 0 Å². The summed E-state index contributed by atoms with van der Waals surface area (Å²) in [5.74, 6) is -0.993. The zero-order chi connectivity index (χ0) is 34.7. The number of rotatable bonds is 11. The minimum atomic E-state index is -4.31. The highest BCUT2D eigenvalue weighted by Gasteiger charge is 2.36. The fraction of sp³-hybridized carbons (Fsp3) is 0.0732. The summed E-state index contributed by atoms with van der Waals surface area (Å²) in [4.78, 5) is 5.99. The third kappa shape index (κ3) is 8.99. The molecule has 0 atom stereocenters. The van der Waals surface area contributed by atoms with E-state index in [1.54, 1.807) is 32.1 Å². The van der Waals surface area contributed by atoms with Crippen molar-refractivity contribution in [3.8, 4) is 0 Å². The minimum absolute atomic E-state index is 0.205. The van der Waals surface area contributed by atoms with Crippen LogP contribution in [0.4, 0.5) is 0 Å². The molecular weight excluding hydrogens is 669 g/mol. The highest BCUT2D eigenvalue weighted by molar-refractivity contribution is 7.99. The largest absolute Gasteiger partial charge is 0.744 e. The second kappa shape index (κ2) is 16.8. The number of hydrogen-bond acceptors (Lipinski definition) is 6. The molecule has 6 aromatic rings. The molecule has 248 valence electrons. The van der Waals surface area contributed by atoms with Crippen molar-refractivity contribution in [1.82, 2.24) is 0 Å². The lowest BCUT2D eigenvalue weighted by molar-refractivity contribution is -0.183. The molecule has 6 rings (SSSR count). The predicted octanol–water partition coefficient (Wildman–Crippen LogP) is 9.66. The number of hydrogen-bond donors (Lipinski definition) is 0. The highest BCUT2D eigenvalue weighted by Crippen LogP contribution is 2.38. The lowest BCUT2D eigenvalue weighted by atomic mass is 9.97. The summed E-state index contributed by atoms with van der Waals surface area (Å²) in [7, 11) is -1.12. The van der Waals surface area contributed by atoms with E-state index in [2.05, 4.69) is 140 Å². The van der Waals surface area contributed by atoms with Crippen molar-refractivity contribution in [1.29, 1.82) is 0 Å². The molecule has 0 saturated heterocycles. The van der Waals surface area contributed by atoms with Crippen molar-refractivity contribution in [2.75, 3.05) is 14.2 Å². The van der Waals surface area contributed by atoms with E-state index < -0.39 is 15.9 Å². The zero-order valence-corrected chi connectivity index (χ0v) is 29.6. The summed E-state index contributed by atoms with van der Waals surface area (Å²) in [6, 6.07) is 54.4. The molecule has 0 saturated carbocycles. The van der Waals surface area contributed by atoms with Crippen LogP contribution in [0.1, 0.15) is 16.7 Å². The van der Waals surface area contributed by atoms with Crippen LogP contribution in [0.3, 0.4) is 0 Å². The van der Waals surface area contributed by atoms with Crippen molar-refractivity contribution in [2.24, 2.45) is 0 Å². The molecule has 8 heteroatoms. The molecule has 0 N–H and O–H groups in total. The molecule has 0 unspecified atom stereocenters. The Morgan fingerprint density at radius 1 is 0.592 bits per heavy atom. The van der Waals surface area contributed by atoms with Gasteiger partial charge in [-0.15, -0.1) is 0 Å². The van der Waals surface area contributed by atoms with Gasteiger partial charge in [-0.05, 0) is 90.5 Å². The van der Waals surface area contributed by atoms with Gasteiger partial charge in [0.1, 0.15) is 10.1 Å². The predicted molar refractivity (Wildman–Crippen MR) is 198 cm³/mol. The zero-order valence-electron chi connectivity index (χ0n) is 27.1. The van der Waals surface area contributed by atoms with Crippen molar-refractivity contribution < 1.29 is 22.4 Å². The molecule has 0 aliphatic heterocycles. The SMILES string of the molecule is C=Cc1ccc(S(=O)(=O)[O-])cc1.COC(OC)(c1ccc(Sc2ccccc2)cc1)c1ccc([S+](c2ccccc2)c2ccccc2)cc1. The monoisotopic (exact) mass is 704 g/mol. The van der Waals surface area contributed by atoms with Gasteiger partial charge in [0, 0.05) is 35.1 Å². The van der Waals surface area contributed by atoms with Crippen LogP contribution in [-0.4, -0.2) is 27.2 Å². The van der Waals surface area contributed by atoms with Gasteiger partial charge in [0.05, 0.1) is 15.8 Å². The first-order valence-corrected chi connectivity index (χ1v) is 18.8. The van der Waals surface area contributed by atoms with Crippen LogP contribution in [0.5, 0.6) is 0 Å². The van der Waals surface area contributed by atoms with E-state index in [0.717, 1.165) is 16.7 Å². The third-order valence-electron chi connectivity index (χ3n) is 7.62. The topological polar surface area (TPSA) is 75.7 Å². The van der Waals surface area contributed by atoms with E-state index in [1.165, 1.54) is 48.7 Å². The molecule has 0 radical (unpaired) electrons. The van der Waals surface area contributed by atoms with Crippen LogP contribution in [0, 0.1) is 0 Å². The van der Waals surface area contributed by atoms with Gasteiger partial charge in [-0.3, -0.25) is 0 Å². The molecular formula is C41H36O5S3. The van der Waals surface area contributed by atoms with E-state index in [-0.39, 0.29) is 15.8 Å².